The van der Waals surface area contributed by atoms with Gasteiger partial charge in [0, 0.05) is 18.2 Å². The van der Waals surface area contributed by atoms with Gasteiger partial charge in [0.25, 0.3) is 0 Å². The van der Waals surface area contributed by atoms with Crippen molar-refractivity contribution in [3.05, 3.63) is 29.6 Å². The van der Waals surface area contributed by atoms with Crippen LogP contribution in [0, 0.1) is 0 Å². The maximum Gasteiger partial charge on any atom is 0.335 e. The van der Waals surface area contributed by atoms with Crippen molar-refractivity contribution < 1.29 is 9.90 Å². The molecule has 1 N–H and O–H groups in total. The molecule has 1 aromatic carbocycles. The second-order valence-electron chi connectivity index (χ2n) is 5.14. The van der Waals surface area contributed by atoms with Gasteiger partial charge in [0.1, 0.15) is 5.82 Å². The van der Waals surface area contributed by atoms with Crippen molar-refractivity contribution in [2.45, 2.75) is 38.0 Å². The van der Waals surface area contributed by atoms with Gasteiger partial charge in [0.15, 0.2) is 0 Å². The van der Waals surface area contributed by atoms with Crippen LogP contribution in [-0.4, -0.2) is 31.6 Å². The fourth-order valence-corrected chi connectivity index (χ4v) is 4.03. The number of aryl methyl sites for hydroxylation is 1. The molecule has 0 bridgehead atoms. The van der Waals surface area contributed by atoms with E-state index < -0.39 is 5.97 Å². The Bertz CT molecular complexity index is 645. The highest BCUT2D eigenvalue weighted by Gasteiger charge is 2.19. The van der Waals surface area contributed by atoms with Gasteiger partial charge in [-0.15, -0.1) is 0 Å². The minimum atomic E-state index is -0.882. The molecule has 0 spiro atoms. The average molecular weight is 290 g/mol. The molecule has 2 heterocycles. The first-order valence-electron chi connectivity index (χ1n) is 7.03. The van der Waals surface area contributed by atoms with Crippen molar-refractivity contribution in [1.82, 2.24) is 9.55 Å². The van der Waals surface area contributed by atoms with Gasteiger partial charge in [0.2, 0.25) is 0 Å². The van der Waals surface area contributed by atoms with Gasteiger partial charge in [-0.2, -0.15) is 11.8 Å². The minimum Gasteiger partial charge on any atom is -0.478 e. The lowest BCUT2D eigenvalue weighted by Gasteiger charge is -2.13. The molecular formula is C15H18N2O2S. The van der Waals surface area contributed by atoms with E-state index in [1.165, 1.54) is 18.6 Å². The van der Waals surface area contributed by atoms with Crippen LogP contribution < -0.4 is 0 Å². The van der Waals surface area contributed by atoms with E-state index in [-0.39, 0.29) is 0 Å². The molecule has 3 rings (SSSR count). The summed E-state index contributed by atoms with van der Waals surface area (Å²) in [7, 11) is 0. The Labute approximate surface area is 122 Å². The number of carboxylic acids is 1. The van der Waals surface area contributed by atoms with Gasteiger partial charge in [-0.1, -0.05) is 6.92 Å². The van der Waals surface area contributed by atoms with Crippen LogP contribution in [0.25, 0.3) is 11.0 Å². The second-order valence-corrected chi connectivity index (χ2v) is 6.54. The molecule has 5 heteroatoms. The van der Waals surface area contributed by atoms with E-state index in [0.717, 1.165) is 29.8 Å². The van der Waals surface area contributed by atoms with E-state index in [2.05, 4.69) is 16.5 Å². The third kappa shape index (κ3) is 2.42. The minimum absolute atomic E-state index is 0.334. The van der Waals surface area contributed by atoms with Gasteiger partial charge in [-0.25, -0.2) is 9.78 Å². The van der Waals surface area contributed by atoms with Crippen LogP contribution in [0.1, 0.15) is 35.9 Å². The number of hydrogen-bond donors (Lipinski definition) is 1. The summed E-state index contributed by atoms with van der Waals surface area (Å²) < 4.78 is 2.21. The van der Waals surface area contributed by atoms with Crippen molar-refractivity contribution in [2.75, 3.05) is 5.75 Å². The number of thioether (sulfide) groups is 1. The number of fused-ring (bicyclic) bond motifs is 1. The molecule has 20 heavy (non-hydrogen) atoms. The normalized spacial score (nSPS) is 18.8. The molecule has 106 valence electrons. The summed E-state index contributed by atoms with van der Waals surface area (Å²) in [6.07, 6.45) is 3.39. The monoisotopic (exact) mass is 290 g/mol. The SMILES string of the molecule is CCc1nc2ccc(C(=O)O)cc2n1CC1CCCS1. The fourth-order valence-electron chi connectivity index (χ4n) is 2.77. The Kier molecular flexibility index (Phi) is 3.70. The van der Waals surface area contributed by atoms with E-state index in [9.17, 15) is 4.79 Å². The Hall–Kier alpha value is -1.49. The molecule has 0 aliphatic carbocycles. The molecule has 1 aromatic heterocycles. The van der Waals surface area contributed by atoms with Crippen molar-refractivity contribution in [2.24, 2.45) is 0 Å². The predicted molar refractivity (Wildman–Crippen MR) is 81.6 cm³/mol. The zero-order chi connectivity index (χ0) is 14.1. The third-order valence-corrected chi connectivity index (χ3v) is 5.18. The number of carboxylic acid groups (broad SMARTS) is 1. The molecule has 2 aromatic rings. The van der Waals surface area contributed by atoms with E-state index in [0.29, 0.717) is 10.8 Å². The van der Waals surface area contributed by atoms with Crippen molar-refractivity contribution >= 4 is 28.8 Å². The Balaban J connectivity index is 2.05. The van der Waals surface area contributed by atoms with Crippen LogP contribution in [0.4, 0.5) is 0 Å². The summed E-state index contributed by atoms with van der Waals surface area (Å²) in [6, 6.07) is 5.20. The molecule has 4 nitrogen and oxygen atoms in total. The summed E-state index contributed by atoms with van der Waals surface area (Å²) in [6.45, 7) is 3.03. The van der Waals surface area contributed by atoms with Gasteiger partial charge in [-0.05, 0) is 36.8 Å². The van der Waals surface area contributed by atoms with Crippen LogP contribution in [0.2, 0.25) is 0 Å². The molecule has 1 aliphatic rings. The Morgan fingerprint density at radius 2 is 2.40 bits per heavy atom. The Morgan fingerprint density at radius 1 is 1.55 bits per heavy atom. The molecular weight excluding hydrogens is 272 g/mol. The van der Waals surface area contributed by atoms with E-state index >= 15 is 0 Å². The topological polar surface area (TPSA) is 55.1 Å². The Morgan fingerprint density at radius 3 is 3.05 bits per heavy atom. The van der Waals surface area contributed by atoms with Gasteiger partial charge < -0.3 is 9.67 Å². The molecule has 1 unspecified atom stereocenters. The first kappa shape index (κ1) is 13.5. The number of aromatic nitrogens is 2. The zero-order valence-electron chi connectivity index (χ0n) is 11.5. The molecule has 1 fully saturated rings. The van der Waals surface area contributed by atoms with E-state index in [1.54, 1.807) is 12.1 Å². The number of hydrogen-bond acceptors (Lipinski definition) is 3. The first-order valence-corrected chi connectivity index (χ1v) is 8.08. The summed E-state index contributed by atoms with van der Waals surface area (Å²) in [4.78, 5) is 15.8. The van der Waals surface area contributed by atoms with Crippen LogP contribution in [0.15, 0.2) is 18.2 Å². The number of aromatic carboxylic acids is 1. The number of nitrogens with zero attached hydrogens (tertiary/aromatic N) is 2. The number of benzene rings is 1. The number of carbonyl (C=O) groups is 1. The largest absolute Gasteiger partial charge is 0.478 e. The third-order valence-electron chi connectivity index (χ3n) is 3.80. The molecule has 1 aliphatic heterocycles. The highest BCUT2D eigenvalue weighted by Crippen LogP contribution is 2.29. The second kappa shape index (κ2) is 5.48. The lowest BCUT2D eigenvalue weighted by Crippen LogP contribution is -2.12. The molecule has 1 atom stereocenters. The lowest BCUT2D eigenvalue weighted by molar-refractivity contribution is 0.0697. The molecule has 0 radical (unpaired) electrons. The van der Waals surface area contributed by atoms with Crippen LogP contribution in [0.3, 0.4) is 0 Å². The van der Waals surface area contributed by atoms with Gasteiger partial charge >= 0.3 is 5.97 Å². The van der Waals surface area contributed by atoms with Crippen molar-refractivity contribution in [1.29, 1.82) is 0 Å². The average Bonchev–Trinajstić information content (AvgIpc) is 3.06. The maximum atomic E-state index is 11.1. The predicted octanol–water partition coefficient (Wildman–Crippen LogP) is 3.19. The van der Waals surface area contributed by atoms with Crippen LogP contribution >= 0.6 is 11.8 Å². The standard InChI is InChI=1S/C15H18N2O2S/c1-2-14-16-12-6-5-10(15(18)19)8-13(12)17(14)9-11-4-3-7-20-11/h5-6,8,11H,2-4,7,9H2,1H3,(H,18,19). The van der Waals surface area contributed by atoms with Crippen molar-refractivity contribution in [3.8, 4) is 0 Å². The summed E-state index contributed by atoms with van der Waals surface area (Å²) in [5, 5.41) is 9.78. The number of imidazole rings is 1. The fraction of sp³-hybridized carbons (Fsp3) is 0.467. The molecule has 1 saturated heterocycles. The van der Waals surface area contributed by atoms with E-state index in [4.69, 9.17) is 5.11 Å². The van der Waals surface area contributed by atoms with Gasteiger partial charge in [-0.3, -0.25) is 0 Å². The summed E-state index contributed by atoms with van der Waals surface area (Å²) in [5.41, 5.74) is 2.18. The highest BCUT2D eigenvalue weighted by molar-refractivity contribution is 8.00. The summed E-state index contributed by atoms with van der Waals surface area (Å²) in [5.74, 6) is 1.40. The van der Waals surface area contributed by atoms with Crippen LogP contribution in [0.5, 0.6) is 0 Å². The quantitative estimate of drug-likeness (QED) is 0.939. The van der Waals surface area contributed by atoms with Crippen molar-refractivity contribution in [3.63, 3.8) is 0 Å². The smallest absolute Gasteiger partial charge is 0.335 e. The summed E-state index contributed by atoms with van der Waals surface area (Å²) >= 11 is 2.01. The van der Waals surface area contributed by atoms with E-state index in [1.807, 2.05) is 17.8 Å². The van der Waals surface area contributed by atoms with Gasteiger partial charge in [0.05, 0.1) is 16.6 Å². The number of rotatable bonds is 4. The molecule has 0 amide bonds. The highest BCUT2D eigenvalue weighted by atomic mass is 32.2. The van der Waals surface area contributed by atoms with Crippen LogP contribution in [-0.2, 0) is 13.0 Å². The maximum absolute atomic E-state index is 11.1. The zero-order valence-corrected chi connectivity index (χ0v) is 12.3. The molecule has 0 saturated carbocycles. The first-order chi connectivity index (χ1) is 9.69. The lowest BCUT2D eigenvalue weighted by atomic mass is 10.2.